The van der Waals surface area contributed by atoms with Crippen LogP contribution < -0.4 is 5.43 Å². The normalized spacial score (nSPS) is 11.2. The van der Waals surface area contributed by atoms with Crippen LogP contribution in [0.4, 0.5) is 5.95 Å². The van der Waals surface area contributed by atoms with Crippen LogP contribution in [0.5, 0.6) is 0 Å². The molecule has 0 spiro atoms. The molecule has 0 bridgehead atoms. The molecule has 6 nitrogen and oxygen atoms in total. The average Bonchev–Trinajstić information content (AvgIpc) is 2.82. The van der Waals surface area contributed by atoms with E-state index in [2.05, 4.69) is 25.6 Å². The van der Waals surface area contributed by atoms with E-state index in [4.69, 9.17) is 23.2 Å². The van der Waals surface area contributed by atoms with Crippen LogP contribution in [-0.2, 0) is 0 Å². The predicted molar refractivity (Wildman–Crippen MR) is 101 cm³/mol. The van der Waals surface area contributed by atoms with Gasteiger partial charge in [-0.3, -0.25) is 0 Å². The van der Waals surface area contributed by atoms with Gasteiger partial charge in [0.1, 0.15) is 5.15 Å². The summed E-state index contributed by atoms with van der Waals surface area (Å²) in [5, 5.41) is 9.69. The van der Waals surface area contributed by atoms with Gasteiger partial charge in [-0.1, -0.05) is 29.3 Å². The van der Waals surface area contributed by atoms with Crippen LogP contribution in [0.2, 0.25) is 10.2 Å². The van der Waals surface area contributed by atoms with E-state index < -0.39 is 0 Å². The van der Waals surface area contributed by atoms with E-state index in [0.29, 0.717) is 21.7 Å². The SMILES string of the molecule is Cc1cc(C)nc(N/N=C\c2c(C)nn(-c3cccc(Cl)c3)c2Cl)n1. The third-order valence-electron chi connectivity index (χ3n) is 3.44. The summed E-state index contributed by atoms with van der Waals surface area (Å²) in [6.45, 7) is 5.67. The van der Waals surface area contributed by atoms with Crippen LogP contribution in [-0.4, -0.2) is 26.0 Å². The molecule has 0 amide bonds. The molecule has 2 aromatic heterocycles. The van der Waals surface area contributed by atoms with Crippen molar-refractivity contribution in [2.24, 2.45) is 5.10 Å². The van der Waals surface area contributed by atoms with E-state index in [1.165, 1.54) is 0 Å². The van der Waals surface area contributed by atoms with E-state index in [1.807, 2.05) is 39.0 Å². The number of aromatic nitrogens is 4. The van der Waals surface area contributed by atoms with Gasteiger partial charge in [0.15, 0.2) is 0 Å². The summed E-state index contributed by atoms with van der Waals surface area (Å²) in [5.74, 6) is 0.435. The Morgan fingerprint density at radius 2 is 1.80 bits per heavy atom. The van der Waals surface area contributed by atoms with Gasteiger partial charge in [0.2, 0.25) is 5.95 Å². The number of hydrazone groups is 1. The number of rotatable bonds is 4. The van der Waals surface area contributed by atoms with Gasteiger partial charge in [-0.15, -0.1) is 0 Å². The average molecular weight is 375 g/mol. The molecule has 1 aromatic carbocycles. The third-order valence-corrected chi connectivity index (χ3v) is 4.04. The Morgan fingerprint density at radius 3 is 2.48 bits per heavy atom. The Kier molecular flexibility index (Phi) is 5.01. The summed E-state index contributed by atoms with van der Waals surface area (Å²) in [5.41, 5.74) is 6.79. The molecule has 3 aromatic rings. The number of hydrogen-bond acceptors (Lipinski definition) is 5. The van der Waals surface area contributed by atoms with Crippen LogP contribution in [0.15, 0.2) is 35.4 Å². The second-order valence-corrected chi connectivity index (χ2v) is 6.32. The minimum absolute atomic E-state index is 0.435. The monoisotopic (exact) mass is 374 g/mol. The van der Waals surface area contributed by atoms with Crippen LogP contribution >= 0.6 is 23.2 Å². The minimum Gasteiger partial charge on any atom is -0.245 e. The number of benzene rings is 1. The molecular formula is C17H16Cl2N6. The molecule has 0 saturated heterocycles. The molecule has 128 valence electrons. The molecule has 0 unspecified atom stereocenters. The fourth-order valence-corrected chi connectivity index (χ4v) is 2.87. The van der Waals surface area contributed by atoms with Gasteiger partial charge in [0.05, 0.1) is 23.2 Å². The van der Waals surface area contributed by atoms with Crippen molar-refractivity contribution in [1.29, 1.82) is 0 Å². The number of anilines is 1. The van der Waals surface area contributed by atoms with E-state index >= 15 is 0 Å². The number of hydrogen-bond donors (Lipinski definition) is 1. The maximum Gasteiger partial charge on any atom is 0.243 e. The molecule has 1 N–H and O–H groups in total. The third kappa shape index (κ3) is 3.97. The molecule has 0 radical (unpaired) electrons. The molecule has 0 atom stereocenters. The lowest BCUT2D eigenvalue weighted by Crippen LogP contribution is -2.00. The highest BCUT2D eigenvalue weighted by Gasteiger charge is 2.13. The molecule has 0 aliphatic heterocycles. The smallest absolute Gasteiger partial charge is 0.243 e. The first kappa shape index (κ1) is 17.4. The van der Waals surface area contributed by atoms with Gasteiger partial charge in [0.25, 0.3) is 0 Å². The second kappa shape index (κ2) is 7.21. The van der Waals surface area contributed by atoms with E-state index in [9.17, 15) is 0 Å². The Labute approximate surface area is 155 Å². The van der Waals surface area contributed by atoms with Gasteiger partial charge in [-0.05, 0) is 45.0 Å². The molecule has 25 heavy (non-hydrogen) atoms. The Balaban J connectivity index is 1.85. The van der Waals surface area contributed by atoms with E-state index in [1.54, 1.807) is 23.0 Å². The summed E-state index contributed by atoms with van der Waals surface area (Å²) in [6.07, 6.45) is 1.60. The lowest BCUT2D eigenvalue weighted by molar-refractivity contribution is 0.863. The Morgan fingerprint density at radius 1 is 1.08 bits per heavy atom. The zero-order valence-corrected chi connectivity index (χ0v) is 15.5. The lowest BCUT2D eigenvalue weighted by atomic mass is 10.3. The molecule has 0 aliphatic carbocycles. The fraction of sp³-hybridized carbons (Fsp3) is 0.176. The maximum absolute atomic E-state index is 6.46. The van der Waals surface area contributed by atoms with Crippen LogP contribution in [0.3, 0.4) is 0 Å². The molecule has 0 fully saturated rings. The summed E-state index contributed by atoms with van der Waals surface area (Å²) in [7, 11) is 0. The summed E-state index contributed by atoms with van der Waals surface area (Å²) in [4.78, 5) is 8.54. The van der Waals surface area contributed by atoms with Crippen molar-refractivity contribution >= 4 is 35.4 Å². The zero-order valence-electron chi connectivity index (χ0n) is 14.0. The van der Waals surface area contributed by atoms with Crippen molar-refractivity contribution in [1.82, 2.24) is 19.7 Å². The minimum atomic E-state index is 0.435. The fourth-order valence-electron chi connectivity index (χ4n) is 2.37. The first-order valence-corrected chi connectivity index (χ1v) is 8.32. The summed E-state index contributed by atoms with van der Waals surface area (Å²) in [6, 6.07) is 9.21. The van der Waals surface area contributed by atoms with Crippen molar-refractivity contribution in [3.63, 3.8) is 0 Å². The largest absolute Gasteiger partial charge is 0.245 e. The second-order valence-electron chi connectivity index (χ2n) is 5.53. The molecule has 0 saturated carbocycles. The molecule has 3 rings (SSSR count). The van der Waals surface area contributed by atoms with Gasteiger partial charge >= 0.3 is 0 Å². The standard InChI is InChI=1S/C17H16Cl2N6/c1-10-7-11(2)22-17(21-10)23-20-9-15-12(3)24-25(16(15)19)14-6-4-5-13(18)8-14/h4-9H,1-3H3,(H,21,22,23)/b20-9-. The highest BCUT2D eigenvalue weighted by molar-refractivity contribution is 6.32. The predicted octanol–water partition coefficient (Wildman–Crippen LogP) is 4.34. The van der Waals surface area contributed by atoms with Crippen LogP contribution in [0.25, 0.3) is 5.69 Å². The number of aryl methyl sites for hydroxylation is 3. The van der Waals surface area contributed by atoms with Crippen molar-refractivity contribution < 1.29 is 0 Å². The van der Waals surface area contributed by atoms with Crippen LogP contribution in [0, 0.1) is 20.8 Å². The maximum atomic E-state index is 6.46. The molecule has 2 heterocycles. The zero-order chi connectivity index (χ0) is 18.0. The Bertz CT molecular complexity index is 928. The van der Waals surface area contributed by atoms with Crippen molar-refractivity contribution in [3.05, 3.63) is 63.2 Å². The molecular weight excluding hydrogens is 359 g/mol. The number of halogens is 2. The topological polar surface area (TPSA) is 68.0 Å². The molecule has 0 aliphatic rings. The molecule has 8 heteroatoms. The summed E-state index contributed by atoms with van der Waals surface area (Å²) >= 11 is 12.5. The van der Waals surface area contributed by atoms with Gasteiger partial charge < -0.3 is 0 Å². The lowest BCUT2D eigenvalue weighted by Gasteiger charge is -2.03. The van der Waals surface area contributed by atoms with Crippen molar-refractivity contribution in [2.45, 2.75) is 20.8 Å². The highest BCUT2D eigenvalue weighted by atomic mass is 35.5. The van der Waals surface area contributed by atoms with E-state index in [-0.39, 0.29) is 0 Å². The van der Waals surface area contributed by atoms with Crippen LogP contribution in [0.1, 0.15) is 22.6 Å². The van der Waals surface area contributed by atoms with Crippen molar-refractivity contribution in [2.75, 3.05) is 5.43 Å². The number of nitrogens with one attached hydrogen (secondary N) is 1. The summed E-state index contributed by atoms with van der Waals surface area (Å²) < 4.78 is 1.62. The van der Waals surface area contributed by atoms with Crippen molar-refractivity contribution in [3.8, 4) is 5.69 Å². The van der Waals surface area contributed by atoms with Gasteiger partial charge in [-0.25, -0.2) is 20.1 Å². The van der Waals surface area contributed by atoms with E-state index in [0.717, 1.165) is 22.8 Å². The van der Waals surface area contributed by atoms with Gasteiger partial charge in [0, 0.05) is 16.4 Å². The van der Waals surface area contributed by atoms with Gasteiger partial charge in [-0.2, -0.15) is 10.2 Å². The number of nitrogens with zero attached hydrogens (tertiary/aromatic N) is 5. The highest BCUT2D eigenvalue weighted by Crippen LogP contribution is 2.23. The first-order valence-electron chi connectivity index (χ1n) is 7.56. The quantitative estimate of drug-likeness (QED) is 0.544. The Hall–Kier alpha value is -2.44. The first-order chi connectivity index (χ1) is 11.9.